The lowest BCUT2D eigenvalue weighted by atomic mass is 10.1. The van der Waals surface area contributed by atoms with Crippen LogP contribution in [0.1, 0.15) is 24.2 Å². The van der Waals surface area contributed by atoms with Crippen molar-refractivity contribution in [1.82, 2.24) is 4.90 Å². The van der Waals surface area contributed by atoms with E-state index in [0.29, 0.717) is 30.2 Å². The number of nitrogens with two attached hydrogens (primary N) is 1. The first-order chi connectivity index (χ1) is 8.95. The molecule has 0 saturated carbocycles. The molecule has 1 amide bonds. The number of carbonyl (C=O) groups is 1. The van der Waals surface area contributed by atoms with Gasteiger partial charge in [0.2, 0.25) is 0 Å². The number of ether oxygens (including phenoxy) is 2. The van der Waals surface area contributed by atoms with Crippen LogP contribution in [0.15, 0.2) is 18.2 Å². The Kier molecular flexibility index (Phi) is 5.63. The fourth-order valence-electron chi connectivity index (χ4n) is 1.58. The average Bonchev–Trinajstić information content (AvgIpc) is 2.38. The van der Waals surface area contributed by atoms with E-state index in [0.717, 1.165) is 0 Å². The van der Waals surface area contributed by atoms with E-state index in [1.807, 2.05) is 13.8 Å². The van der Waals surface area contributed by atoms with E-state index < -0.39 is 0 Å². The highest BCUT2D eigenvalue weighted by molar-refractivity contribution is 5.99. The molecule has 19 heavy (non-hydrogen) atoms. The van der Waals surface area contributed by atoms with Gasteiger partial charge < -0.3 is 20.1 Å². The van der Waals surface area contributed by atoms with Gasteiger partial charge in [-0.05, 0) is 32.0 Å². The highest BCUT2D eigenvalue weighted by atomic mass is 16.5. The number of nitrogen functional groups attached to an aromatic ring is 1. The van der Waals surface area contributed by atoms with Crippen LogP contribution in [-0.4, -0.2) is 44.2 Å². The second-order valence-electron chi connectivity index (χ2n) is 4.60. The number of hydrogen-bond donors (Lipinski definition) is 1. The summed E-state index contributed by atoms with van der Waals surface area (Å²) in [5, 5.41) is 0. The number of rotatable bonds is 6. The summed E-state index contributed by atoms with van der Waals surface area (Å²) < 4.78 is 10.5. The Morgan fingerprint density at radius 1 is 1.42 bits per heavy atom. The molecule has 1 aromatic carbocycles. The van der Waals surface area contributed by atoms with Crippen molar-refractivity contribution in [2.45, 2.75) is 20.0 Å². The van der Waals surface area contributed by atoms with Gasteiger partial charge in [-0.3, -0.25) is 4.79 Å². The van der Waals surface area contributed by atoms with E-state index in [1.54, 1.807) is 37.3 Å². The lowest BCUT2D eigenvalue weighted by molar-refractivity contribution is 0.0532. The Bertz CT molecular complexity index is 433. The first kappa shape index (κ1) is 15.3. The van der Waals surface area contributed by atoms with Gasteiger partial charge >= 0.3 is 0 Å². The minimum Gasteiger partial charge on any atom is -0.497 e. The molecule has 0 spiro atoms. The Morgan fingerprint density at radius 3 is 2.68 bits per heavy atom. The maximum atomic E-state index is 12.2. The smallest absolute Gasteiger partial charge is 0.255 e. The molecule has 5 heteroatoms. The van der Waals surface area contributed by atoms with Crippen LogP contribution in [0.5, 0.6) is 5.75 Å². The molecule has 0 unspecified atom stereocenters. The number of hydrogen-bond acceptors (Lipinski definition) is 4. The van der Waals surface area contributed by atoms with Crippen molar-refractivity contribution < 1.29 is 14.3 Å². The number of carbonyl (C=O) groups excluding carboxylic acids is 1. The first-order valence-corrected chi connectivity index (χ1v) is 6.26. The standard InChI is InChI=1S/C14H22N2O3/c1-10(2)19-8-7-16(3)14(17)12-9-11(18-4)5-6-13(12)15/h5-6,9-10H,7-8,15H2,1-4H3. The van der Waals surface area contributed by atoms with Gasteiger partial charge in [0.25, 0.3) is 5.91 Å². The third kappa shape index (κ3) is 4.44. The van der Waals surface area contributed by atoms with Crippen molar-refractivity contribution in [1.29, 1.82) is 0 Å². The highest BCUT2D eigenvalue weighted by Gasteiger charge is 2.15. The Morgan fingerprint density at radius 2 is 2.11 bits per heavy atom. The van der Waals surface area contributed by atoms with E-state index in [-0.39, 0.29) is 12.0 Å². The molecule has 0 aliphatic rings. The summed E-state index contributed by atoms with van der Waals surface area (Å²) in [6, 6.07) is 5.05. The van der Waals surface area contributed by atoms with Crippen molar-refractivity contribution in [3.63, 3.8) is 0 Å². The molecule has 0 fully saturated rings. The number of amides is 1. The van der Waals surface area contributed by atoms with Crippen molar-refractivity contribution in [2.75, 3.05) is 33.0 Å². The SMILES string of the molecule is COc1ccc(N)c(C(=O)N(C)CCOC(C)C)c1. The van der Waals surface area contributed by atoms with Crippen LogP contribution in [0.4, 0.5) is 5.69 Å². The maximum Gasteiger partial charge on any atom is 0.255 e. The van der Waals surface area contributed by atoms with Gasteiger partial charge in [-0.15, -0.1) is 0 Å². The monoisotopic (exact) mass is 266 g/mol. The molecule has 0 heterocycles. The Labute approximate surface area is 114 Å². The summed E-state index contributed by atoms with van der Waals surface area (Å²) >= 11 is 0. The van der Waals surface area contributed by atoms with Crippen LogP contribution in [0, 0.1) is 0 Å². The fraction of sp³-hybridized carbons (Fsp3) is 0.500. The largest absolute Gasteiger partial charge is 0.497 e. The molecule has 0 aliphatic heterocycles. The minimum atomic E-state index is -0.135. The van der Waals surface area contributed by atoms with E-state index in [4.69, 9.17) is 15.2 Å². The number of methoxy groups -OCH3 is 1. The van der Waals surface area contributed by atoms with E-state index >= 15 is 0 Å². The summed E-state index contributed by atoms with van der Waals surface area (Å²) in [7, 11) is 3.28. The molecule has 0 aliphatic carbocycles. The Balaban J connectivity index is 2.70. The molecular weight excluding hydrogens is 244 g/mol. The van der Waals surface area contributed by atoms with Gasteiger partial charge in [-0.1, -0.05) is 0 Å². The van der Waals surface area contributed by atoms with Gasteiger partial charge in [-0.2, -0.15) is 0 Å². The third-order valence-electron chi connectivity index (χ3n) is 2.72. The summed E-state index contributed by atoms with van der Waals surface area (Å²) in [4.78, 5) is 13.8. The molecule has 0 radical (unpaired) electrons. The second-order valence-corrected chi connectivity index (χ2v) is 4.60. The second kappa shape index (κ2) is 6.99. The summed E-state index contributed by atoms with van der Waals surface area (Å²) in [6.07, 6.45) is 0.158. The average molecular weight is 266 g/mol. The maximum absolute atomic E-state index is 12.2. The van der Waals surface area contributed by atoms with Crippen LogP contribution in [0.3, 0.4) is 0 Å². The predicted molar refractivity (Wildman–Crippen MR) is 75.5 cm³/mol. The van der Waals surface area contributed by atoms with Crippen LogP contribution in [-0.2, 0) is 4.74 Å². The van der Waals surface area contributed by atoms with Gasteiger partial charge in [0, 0.05) is 19.3 Å². The molecular formula is C14H22N2O3. The van der Waals surface area contributed by atoms with Crippen LogP contribution < -0.4 is 10.5 Å². The van der Waals surface area contributed by atoms with Gasteiger partial charge in [-0.25, -0.2) is 0 Å². The molecule has 0 aromatic heterocycles. The molecule has 1 rings (SSSR count). The number of nitrogens with zero attached hydrogens (tertiary/aromatic N) is 1. The minimum absolute atomic E-state index is 0.135. The van der Waals surface area contributed by atoms with Crippen LogP contribution >= 0.6 is 0 Å². The van der Waals surface area contributed by atoms with Crippen molar-refractivity contribution in [3.8, 4) is 5.75 Å². The summed E-state index contributed by atoms with van der Waals surface area (Å²) in [5.74, 6) is 0.480. The van der Waals surface area contributed by atoms with E-state index in [2.05, 4.69) is 0 Å². The van der Waals surface area contributed by atoms with Gasteiger partial charge in [0.1, 0.15) is 5.75 Å². The lowest BCUT2D eigenvalue weighted by Crippen LogP contribution is -2.31. The zero-order valence-corrected chi connectivity index (χ0v) is 12.0. The van der Waals surface area contributed by atoms with Crippen LogP contribution in [0.2, 0.25) is 0 Å². The zero-order valence-electron chi connectivity index (χ0n) is 12.0. The summed E-state index contributed by atoms with van der Waals surface area (Å²) in [5.41, 5.74) is 6.72. The number of likely N-dealkylation sites (N-methyl/N-ethyl adjacent to an activating group) is 1. The predicted octanol–water partition coefficient (Wildman–Crippen LogP) is 1.77. The normalized spacial score (nSPS) is 10.6. The first-order valence-electron chi connectivity index (χ1n) is 6.26. The molecule has 0 atom stereocenters. The highest BCUT2D eigenvalue weighted by Crippen LogP contribution is 2.20. The van der Waals surface area contributed by atoms with Crippen LogP contribution in [0.25, 0.3) is 0 Å². The van der Waals surface area contributed by atoms with E-state index in [9.17, 15) is 4.79 Å². The number of anilines is 1. The summed E-state index contributed by atoms with van der Waals surface area (Å²) in [6.45, 7) is 4.95. The van der Waals surface area contributed by atoms with Crippen molar-refractivity contribution in [2.24, 2.45) is 0 Å². The van der Waals surface area contributed by atoms with Crippen molar-refractivity contribution in [3.05, 3.63) is 23.8 Å². The molecule has 0 saturated heterocycles. The molecule has 2 N–H and O–H groups in total. The van der Waals surface area contributed by atoms with E-state index in [1.165, 1.54) is 0 Å². The molecule has 1 aromatic rings. The topological polar surface area (TPSA) is 64.8 Å². The van der Waals surface area contributed by atoms with Gasteiger partial charge in [0.05, 0.1) is 25.4 Å². The van der Waals surface area contributed by atoms with Gasteiger partial charge in [0.15, 0.2) is 0 Å². The zero-order chi connectivity index (χ0) is 14.4. The quantitative estimate of drug-likeness (QED) is 0.797. The molecule has 106 valence electrons. The molecule has 0 bridgehead atoms. The Hall–Kier alpha value is -1.75. The lowest BCUT2D eigenvalue weighted by Gasteiger charge is -2.19. The van der Waals surface area contributed by atoms with Crippen molar-refractivity contribution >= 4 is 11.6 Å². The fourth-order valence-corrected chi connectivity index (χ4v) is 1.58. The number of benzene rings is 1. The third-order valence-corrected chi connectivity index (χ3v) is 2.72. The molecule has 5 nitrogen and oxygen atoms in total.